The van der Waals surface area contributed by atoms with Crippen molar-refractivity contribution in [1.82, 2.24) is 14.8 Å². The number of halogens is 2. The van der Waals surface area contributed by atoms with E-state index in [1.807, 2.05) is 16.8 Å². The van der Waals surface area contributed by atoms with E-state index in [4.69, 9.17) is 0 Å². The zero-order valence-electron chi connectivity index (χ0n) is 12.0. The highest BCUT2D eigenvalue weighted by atomic mass is 79.9. The van der Waals surface area contributed by atoms with Crippen LogP contribution in [0.5, 0.6) is 0 Å². The lowest BCUT2D eigenvalue weighted by Crippen LogP contribution is -2.21. The van der Waals surface area contributed by atoms with Gasteiger partial charge in [0.05, 0.1) is 11.8 Å². The summed E-state index contributed by atoms with van der Waals surface area (Å²) in [7, 11) is 0. The van der Waals surface area contributed by atoms with Crippen LogP contribution in [-0.2, 0) is 0 Å². The van der Waals surface area contributed by atoms with Crippen molar-refractivity contribution in [3.05, 3.63) is 74.9 Å². The minimum Gasteiger partial charge on any atom is -0.222 e. The van der Waals surface area contributed by atoms with Gasteiger partial charge in [-0.15, -0.1) is 0 Å². The van der Waals surface area contributed by atoms with Gasteiger partial charge in [0.15, 0.2) is 0 Å². The summed E-state index contributed by atoms with van der Waals surface area (Å²) in [5.74, 6) is 0.655. The SMILES string of the molecule is Brc1ccc(C2=Nc3ncnn3[C@@H](c3ccc(Br)cc3)C2)cc1. The molecule has 0 amide bonds. The molecule has 1 aliphatic heterocycles. The molecule has 23 heavy (non-hydrogen) atoms. The quantitative estimate of drug-likeness (QED) is 0.578. The fourth-order valence-electron chi connectivity index (χ4n) is 2.75. The molecule has 114 valence electrons. The van der Waals surface area contributed by atoms with Crippen molar-refractivity contribution in [2.75, 3.05) is 0 Å². The van der Waals surface area contributed by atoms with Crippen LogP contribution in [0.15, 0.2) is 68.8 Å². The third kappa shape index (κ3) is 2.88. The maximum absolute atomic E-state index is 4.68. The maximum Gasteiger partial charge on any atom is 0.248 e. The van der Waals surface area contributed by atoms with E-state index < -0.39 is 0 Å². The molecule has 0 spiro atoms. The monoisotopic (exact) mass is 430 g/mol. The normalized spacial score (nSPS) is 16.8. The van der Waals surface area contributed by atoms with Gasteiger partial charge in [0.2, 0.25) is 5.95 Å². The lowest BCUT2D eigenvalue weighted by Gasteiger charge is -2.24. The fraction of sp³-hybridized carbons (Fsp3) is 0.118. The Morgan fingerprint density at radius 2 is 1.57 bits per heavy atom. The lowest BCUT2D eigenvalue weighted by molar-refractivity contribution is 0.531. The van der Waals surface area contributed by atoms with Crippen molar-refractivity contribution in [3.8, 4) is 0 Å². The van der Waals surface area contributed by atoms with Gasteiger partial charge in [-0.1, -0.05) is 56.1 Å². The van der Waals surface area contributed by atoms with E-state index >= 15 is 0 Å². The molecule has 0 saturated carbocycles. The maximum atomic E-state index is 4.68. The first-order chi connectivity index (χ1) is 11.2. The molecule has 1 aliphatic rings. The van der Waals surface area contributed by atoms with Crippen LogP contribution in [0, 0.1) is 0 Å². The summed E-state index contributed by atoms with van der Waals surface area (Å²) >= 11 is 6.96. The van der Waals surface area contributed by atoms with E-state index in [2.05, 4.69) is 83.3 Å². The first-order valence-electron chi connectivity index (χ1n) is 7.19. The molecule has 4 rings (SSSR count). The average molecular weight is 432 g/mol. The Balaban J connectivity index is 1.77. The molecule has 2 aromatic carbocycles. The number of fused-ring (bicyclic) bond motifs is 1. The second-order valence-electron chi connectivity index (χ2n) is 5.34. The zero-order chi connectivity index (χ0) is 15.8. The highest BCUT2D eigenvalue weighted by molar-refractivity contribution is 9.10. The second kappa shape index (κ2) is 6.02. The Bertz CT molecular complexity index is 866. The number of benzene rings is 2. The second-order valence-corrected chi connectivity index (χ2v) is 7.17. The number of hydrogen-bond donors (Lipinski definition) is 0. The first-order valence-corrected chi connectivity index (χ1v) is 8.78. The molecule has 2 heterocycles. The van der Waals surface area contributed by atoms with Crippen LogP contribution in [0.25, 0.3) is 0 Å². The van der Waals surface area contributed by atoms with Crippen molar-refractivity contribution in [2.45, 2.75) is 12.5 Å². The highest BCUT2D eigenvalue weighted by Gasteiger charge is 2.25. The molecule has 6 heteroatoms. The van der Waals surface area contributed by atoms with Crippen molar-refractivity contribution >= 4 is 43.5 Å². The number of hydrogen-bond acceptors (Lipinski definition) is 3. The number of rotatable bonds is 2. The van der Waals surface area contributed by atoms with Gasteiger partial charge in [0.1, 0.15) is 6.33 Å². The molecular weight excluding hydrogens is 420 g/mol. The van der Waals surface area contributed by atoms with E-state index in [1.165, 1.54) is 5.56 Å². The van der Waals surface area contributed by atoms with Gasteiger partial charge in [-0.2, -0.15) is 10.1 Å². The van der Waals surface area contributed by atoms with Crippen molar-refractivity contribution < 1.29 is 0 Å². The van der Waals surface area contributed by atoms with Gasteiger partial charge in [-0.25, -0.2) is 9.67 Å². The van der Waals surface area contributed by atoms with E-state index in [9.17, 15) is 0 Å². The summed E-state index contributed by atoms with van der Waals surface area (Å²) in [5, 5.41) is 4.36. The number of aromatic nitrogens is 3. The van der Waals surface area contributed by atoms with Crippen LogP contribution in [-0.4, -0.2) is 20.5 Å². The first kappa shape index (κ1) is 14.8. The summed E-state index contributed by atoms with van der Waals surface area (Å²) < 4.78 is 4.02. The molecule has 0 aliphatic carbocycles. The van der Waals surface area contributed by atoms with Crippen LogP contribution in [0.2, 0.25) is 0 Å². The van der Waals surface area contributed by atoms with Gasteiger partial charge in [0.25, 0.3) is 0 Å². The molecule has 1 atom stereocenters. The van der Waals surface area contributed by atoms with Crippen molar-refractivity contribution in [2.24, 2.45) is 4.99 Å². The van der Waals surface area contributed by atoms with E-state index in [0.29, 0.717) is 5.95 Å². The topological polar surface area (TPSA) is 43.1 Å². The smallest absolute Gasteiger partial charge is 0.222 e. The number of nitrogens with zero attached hydrogens (tertiary/aromatic N) is 4. The molecule has 0 fully saturated rings. The summed E-state index contributed by atoms with van der Waals surface area (Å²) in [5.41, 5.74) is 3.35. The Morgan fingerprint density at radius 3 is 2.26 bits per heavy atom. The summed E-state index contributed by atoms with van der Waals surface area (Å²) in [6.07, 6.45) is 2.36. The fourth-order valence-corrected chi connectivity index (χ4v) is 3.28. The number of aliphatic imine (C=N–C) groups is 1. The van der Waals surface area contributed by atoms with Crippen LogP contribution >= 0.6 is 31.9 Å². The van der Waals surface area contributed by atoms with E-state index in [0.717, 1.165) is 26.6 Å². The van der Waals surface area contributed by atoms with Gasteiger partial charge < -0.3 is 0 Å². The molecule has 0 radical (unpaired) electrons. The Hall–Kier alpha value is -1.79. The average Bonchev–Trinajstić information content (AvgIpc) is 3.04. The lowest BCUT2D eigenvalue weighted by atomic mass is 9.96. The predicted molar refractivity (Wildman–Crippen MR) is 97.3 cm³/mol. The Kier molecular flexibility index (Phi) is 3.87. The Morgan fingerprint density at radius 1 is 0.913 bits per heavy atom. The van der Waals surface area contributed by atoms with Crippen LogP contribution < -0.4 is 0 Å². The third-order valence-electron chi connectivity index (χ3n) is 3.90. The Labute approximate surface area is 150 Å². The van der Waals surface area contributed by atoms with Crippen molar-refractivity contribution in [1.29, 1.82) is 0 Å². The third-order valence-corrected chi connectivity index (χ3v) is 4.96. The molecule has 0 saturated heterocycles. The molecular formula is C17H12Br2N4. The summed E-state index contributed by atoms with van der Waals surface area (Å²) in [6, 6.07) is 16.7. The standard InChI is InChI=1S/C17H12Br2N4/c18-13-5-1-11(2-6-13)15-9-16(12-3-7-14(19)8-4-12)23-17(22-15)20-10-21-23/h1-8,10,16H,9H2/t16-/m1/s1. The van der Waals surface area contributed by atoms with E-state index in [-0.39, 0.29) is 6.04 Å². The van der Waals surface area contributed by atoms with Gasteiger partial charge >= 0.3 is 0 Å². The predicted octanol–water partition coefficient (Wildman–Crippen LogP) is 4.92. The zero-order valence-corrected chi connectivity index (χ0v) is 15.2. The largest absolute Gasteiger partial charge is 0.248 e. The highest BCUT2D eigenvalue weighted by Crippen LogP contribution is 2.32. The molecule has 1 aromatic heterocycles. The van der Waals surface area contributed by atoms with Gasteiger partial charge in [-0.05, 0) is 35.4 Å². The van der Waals surface area contributed by atoms with Gasteiger partial charge in [0, 0.05) is 15.4 Å². The van der Waals surface area contributed by atoms with E-state index in [1.54, 1.807) is 6.33 Å². The molecule has 0 N–H and O–H groups in total. The molecule has 0 unspecified atom stereocenters. The van der Waals surface area contributed by atoms with Crippen LogP contribution in [0.3, 0.4) is 0 Å². The molecule has 3 aromatic rings. The van der Waals surface area contributed by atoms with Crippen LogP contribution in [0.4, 0.5) is 5.95 Å². The van der Waals surface area contributed by atoms with Crippen molar-refractivity contribution in [3.63, 3.8) is 0 Å². The van der Waals surface area contributed by atoms with Crippen LogP contribution in [0.1, 0.15) is 23.6 Å². The summed E-state index contributed by atoms with van der Waals surface area (Å²) in [4.78, 5) is 8.97. The summed E-state index contributed by atoms with van der Waals surface area (Å²) in [6.45, 7) is 0. The minimum absolute atomic E-state index is 0.108. The molecule has 4 nitrogen and oxygen atoms in total. The molecule has 0 bridgehead atoms. The van der Waals surface area contributed by atoms with Gasteiger partial charge in [-0.3, -0.25) is 0 Å². The minimum atomic E-state index is 0.108.